The Morgan fingerprint density at radius 1 is 1.15 bits per heavy atom. The maximum Gasteiger partial charge on any atom is 0.219 e. The van der Waals surface area contributed by atoms with Crippen molar-refractivity contribution in [3.05, 3.63) is 36.3 Å². The third kappa shape index (κ3) is 3.23. The maximum absolute atomic E-state index is 11.6. The number of carbonyl (C=O) groups excluding carboxylic acids is 1. The number of aromatic nitrogens is 4. The van der Waals surface area contributed by atoms with E-state index in [1.54, 1.807) is 19.3 Å². The second-order valence-electron chi connectivity index (χ2n) is 7.28. The van der Waals surface area contributed by atoms with Gasteiger partial charge in [-0.3, -0.25) is 19.2 Å². The zero-order chi connectivity index (χ0) is 18.1. The van der Waals surface area contributed by atoms with Crippen molar-refractivity contribution in [3.8, 4) is 5.82 Å². The third-order valence-corrected chi connectivity index (χ3v) is 5.73. The van der Waals surface area contributed by atoms with Gasteiger partial charge in [-0.05, 0) is 39.2 Å². The molecule has 0 spiro atoms. The standard InChI is InChI=1S/C19H26N6O/c1-14-21-7-11-24(14)19-13-20-12-17(22-19)18-4-3-8-25(18)16-5-9-23(10-6-16)15(2)26/h7,11-13,16,18H,3-6,8-10H2,1-2H3/t18-/m0/s1. The molecule has 0 N–H and O–H groups in total. The van der Waals surface area contributed by atoms with E-state index in [0.29, 0.717) is 12.1 Å². The number of likely N-dealkylation sites (tertiary alicyclic amines) is 2. The topological polar surface area (TPSA) is 67.2 Å². The molecule has 2 aromatic heterocycles. The number of amides is 1. The number of hydrogen-bond acceptors (Lipinski definition) is 5. The first-order valence-corrected chi connectivity index (χ1v) is 9.47. The summed E-state index contributed by atoms with van der Waals surface area (Å²) >= 11 is 0. The molecular formula is C19H26N6O. The van der Waals surface area contributed by atoms with Crippen LogP contribution in [-0.2, 0) is 4.79 Å². The quantitative estimate of drug-likeness (QED) is 0.845. The van der Waals surface area contributed by atoms with Crippen LogP contribution < -0.4 is 0 Å². The Bertz CT molecular complexity index is 780. The SMILES string of the molecule is CC(=O)N1CCC(N2CCC[C@H]2c2cncc(-n3ccnc3C)n2)CC1. The van der Waals surface area contributed by atoms with E-state index in [4.69, 9.17) is 4.98 Å². The Hall–Kier alpha value is -2.28. The van der Waals surface area contributed by atoms with Crippen molar-refractivity contribution >= 4 is 5.91 Å². The average molecular weight is 354 g/mol. The van der Waals surface area contributed by atoms with Gasteiger partial charge in [0.05, 0.1) is 24.1 Å². The van der Waals surface area contributed by atoms with Gasteiger partial charge in [-0.15, -0.1) is 0 Å². The molecule has 0 unspecified atom stereocenters. The van der Waals surface area contributed by atoms with Crippen LogP contribution >= 0.6 is 0 Å². The summed E-state index contributed by atoms with van der Waals surface area (Å²) < 4.78 is 1.97. The summed E-state index contributed by atoms with van der Waals surface area (Å²) in [7, 11) is 0. The molecular weight excluding hydrogens is 328 g/mol. The molecule has 2 saturated heterocycles. The highest BCUT2D eigenvalue weighted by molar-refractivity contribution is 5.73. The molecule has 0 radical (unpaired) electrons. The lowest BCUT2D eigenvalue weighted by Gasteiger charge is -2.39. The predicted molar refractivity (Wildman–Crippen MR) is 97.8 cm³/mol. The molecule has 4 heterocycles. The first-order chi connectivity index (χ1) is 12.6. The highest BCUT2D eigenvalue weighted by Gasteiger charge is 2.35. The Morgan fingerprint density at radius 2 is 1.96 bits per heavy atom. The first kappa shape index (κ1) is 17.1. The van der Waals surface area contributed by atoms with E-state index in [-0.39, 0.29) is 5.91 Å². The zero-order valence-electron chi connectivity index (χ0n) is 15.5. The van der Waals surface area contributed by atoms with Gasteiger partial charge in [0.2, 0.25) is 5.91 Å². The highest BCUT2D eigenvalue weighted by Crippen LogP contribution is 2.35. The van der Waals surface area contributed by atoms with Crippen LogP contribution in [-0.4, -0.2) is 60.9 Å². The molecule has 1 amide bonds. The lowest BCUT2D eigenvalue weighted by molar-refractivity contribution is -0.130. The number of piperidine rings is 1. The summed E-state index contributed by atoms with van der Waals surface area (Å²) in [6, 6.07) is 0.846. The minimum Gasteiger partial charge on any atom is -0.343 e. The maximum atomic E-state index is 11.6. The van der Waals surface area contributed by atoms with Crippen molar-refractivity contribution in [2.45, 2.75) is 51.6 Å². The molecule has 2 aliphatic rings. The number of imidazole rings is 1. The van der Waals surface area contributed by atoms with E-state index >= 15 is 0 Å². The zero-order valence-corrected chi connectivity index (χ0v) is 15.5. The van der Waals surface area contributed by atoms with E-state index < -0.39 is 0 Å². The molecule has 26 heavy (non-hydrogen) atoms. The Labute approximate surface area is 154 Å². The van der Waals surface area contributed by atoms with Crippen molar-refractivity contribution in [1.29, 1.82) is 0 Å². The van der Waals surface area contributed by atoms with E-state index in [0.717, 1.165) is 56.2 Å². The van der Waals surface area contributed by atoms with Gasteiger partial charge in [0.1, 0.15) is 5.82 Å². The van der Waals surface area contributed by atoms with Gasteiger partial charge in [0.25, 0.3) is 0 Å². The van der Waals surface area contributed by atoms with Crippen LogP contribution in [0, 0.1) is 6.92 Å². The molecule has 7 nitrogen and oxygen atoms in total. The Balaban J connectivity index is 1.52. The molecule has 2 aliphatic heterocycles. The van der Waals surface area contributed by atoms with Crippen LogP contribution in [0.15, 0.2) is 24.8 Å². The first-order valence-electron chi connectivity index (χ1n) is 9.47. The second kappa shape index (κ2) is 7.15. The van der Waals surface area contributed by atoms with Crippen LogP contribution in [0.2, 0.25) is 0 Å². The van der Waals surface area contributed by atoms with Gasteiger partial charge >= 0.3 is 0 Å². The average Bonchev–Trinajstić information content (AvgIpc) is 3.31. The minimum atomic E-state index is 0.190. The largest absolute Gasteiger partial charge is 0.343 e. The van der Waals surface area contributed by atoms with Crippen molar-refractivity contribution in [1.82, 2.24) is 29.3 Å². The summed E-state index contributed by atoms with van der Waals surface area (Å²) in [6.45, 7) is 6.47. The molecule has 0 aromatic carbocycles. The number of aryl methyl sites for hydroxylation is 1. The number of rotatable bonds is 3. The Morgan fingerprint density at radius 3 is 2.65 bits per heavy atom. The molecule has 0 aliphatic carbocycles. The van der Waals surface area contributed by atoms with Gasteiger partial charge in [-0.2, -0.15) is 0 Å². The summed E-state index contributed by atoms with van der Waals surface area (Å²) in [5, 5.41) is 0. The van der Waals surface area contributed by atoms with Gasteiger partial charge in [0, 0.05) is 38.4 Å². The normalized spacial score (nSPS) is 22.1. The molecule has 1 atom stereocenters. The molecule has 0 bridgehead atoms. The molecule has 4 rings (SSSR count). The molecule has 7 heteroatoms. The summed E-state index contributed by atoms with van der Waals surface area (Å²) in [6.07, 6.45) is 11.8. The fraction of sp³-hybridized carbons (Fsp3) is 0.579. The highest BCUT2D eigenvalue weighted by atomic mass is 16.2. The number of nitrogens with zero attached hydrogens (tertiary/aromatic N) is 6. The molecule has 138 valence electrons. The van der Waals surface area contributed by atoms with E-state index in [2.05, 4.69) is 14.9 Å². The van der Waals surface area contributed by atoms with Crippen LogP contribution in [0.4, 0.5) is 0 Å². The lowest BCUT2D eigenvalue weighted by Crippen LogP contribution is -2.46. The smallest absolute Gasteiger partial charge is 0.219 e. The van der Waals surface area contributed by atoms with Crippen LogP contribution in [0.25, 0.3) is 5.82 Å². The van der Waals surface area contributed by atoms with E-state index in [1.807, 2.05) is 28.8 Å². The van der Waals surface area contributed by atoms with Gasteiger partial charge in [0.15, 0.2) is 5.82 Å². The summed E-state index contributed by atoms with van der Waals surface area (Å²) in [4.78, 5) is 29.8. The van der Waals surface area contributed by atoms with Crippen LogP contribution in [0.3, 0.4) is 0 Å². The van der Waals surface area contributed by atoms with Crippen molar-refractivity contribution in [2.75, 3.05) is 19.6 Å². The fourth-order valence-corrected chi connectivity index (χ4v) is 4.32. The van der Waals surface area contributed by atoms with Crippen molar-refractivity contribution < 1.29 is 4.79 Å². The monoisotopic (exact) mass is 354 g/mol. The third-order valence-electron chi connectivity index (χ3n) is 5.73. The van der Waals surface area contributed by atoms with E-state index in [1.165, 1.54) is 6.42 Å². The molecule has 2 fully saturated rings. The second-order valence-corrected chi connectivity index (χ2v) is 7.28. The van der Waals surface area contributed by atoms with Gasteiger partial charge < -0.3 is 4.90 Å². The van der Waals surface area contributed by atoms with E-state index in [9.17, 15) is 4.79 Å². The predicted octanol–water partition coefficient (Wildman–Crippen LogP) is 2.12. The minimum absolute atomic E-state index is 0.190. The number of hydrogen-bond donors (Lipinski definition) is 0. The van der Waals surface area contributed by atoms with Gasteiger partial charge in [-0.25, -0.2) is 9.97 Å². The van der Waals surface area contributed by atoms with Crippen molar-refractivity contribution in [2.24, 2.45) is 0 Å². The Kier molecular flexibility index (Phi) is 4.72. The molecule has 0 saturated carbocycles. The van der Waals surface area contributed by atoms with Gasteiger partial charge in [-0.1, -0.05) is 0 Å². The van der Waals surface area contributed by atoms with Crippen molar-refractivity contribution in [3.63, 3.8) is 0 Å². The summed E-state index contributed by atoms with van der Waals surface area (Å²) in [5.74, 6) is 1.93. The molecule has 2 aromatic rings. The summed E-state index contributed by atoms with van der Waals surface area (Å²) in [5.41, 5.74) is 1.04. The number of carbonyl (C=O) groups is 1. The van der Waals surface area contributed by atoms with Crippen LogP contribution in [0.1, 0.15) is 50.2 Å². The lowest BCUT2D eigenvalue weighted by atomic mass is 10.0. The van der Waals surface area contributed by atoms with Crippen LogP contribution in [0.5, 0.6) is 0 Å². The fourth-order valence-electron chi connectivity index (χ4n) is 4.32.